The highest BCUT2D eigenvalue weighted by atomic mass is 16.6. The molecule has 0 saturated heterocycles. The van der Waals surface area contributed by atoms with Crippen LogP contribution in [-0.2, 0) is 6.61 Å². The second-order valence-electron chi connectivity index (χ2n) is 3.47. The minimum absolute atomic E-state index is 0.0367. The molecule has 0 radical (unpaired) electrons. The normalized spacial score (nSPS) is 10.2. The lowest BCUT2D eigenvalue weighted by atomic mass is 10.3. The van der Waals surface area contributed by atoms with E-state index in [4.69, 9.17) is 9.26 Å². The third-order valence-corrected chi connectivity index (χ3v) is 2.11. The minimum Gasteiger partial charge on any atom is -0.487 e. The second-order valence-corrected chi connectivity index (χ2v) is 3.47. The SMILES string of the molecule is Cc1cc(COc2ccc([N+](=O)[O-])cc2)no1. The van der Waals surface area contributed by atoms with Crippen LogP contribution in [0.15, 0.2) is 34.9 Å². The second kappa shape index (κ2) is 4.65. The molecule has 0 amide bonds. The summed E-state index contributed by atoms with van der Waals surface area (Å²) in [5, 5.41) is 14.2. The lowest BCUT2D eigenvalue weighted by Gasteiger charge is -2.02. The van der Waals surface area contributed by atoms with Gasteiger partial charge in [0.1, 0.15) is 23.8 Å². The highest BCUT2D eigenvalue weighted by Gasteiger charge is 2.05. The van der Waals surface area contributed by atoms with Crippen molar-refractivity contribution >= 4 is 5.69 Å². The average Bonchev–Trinajstić information content (AvgIpc) is 2.73. The maximum atomic E-state index is 10.4. The van der Waals surface area contributed by atoms with Crippen molar-refractivity contribution in [3.8, 4) is 5.75 Å². The Bertz CT molecular complexity index is 519. The Morgan fingerprint density at radius 1 is 1.41 bits per heavy atom. The zero-order chi connectivity index (χ0) is 12.3. The molecule has 0 aliphatic carbocycles. The molecule has 6 heteroatoms. The summed E-state index contributed by atoms with van der Waals surface area (Å²) in [5.41, 5.74) is 0.718. The number of benzene rings is 1. The van der Waals surface area contributed by atoms with Gasteiger partial charge in [-0.1, -0.05) is 5.16 Å². The predicted octanol–water partition coefficient (Wildman–Crippen LogP) is 2.47. The van der Waals surface area contributed by atoms with Crippen LogP contribution in [0.3, 0.4) is 0 Å². The van der Waals surface area contributed by atoms with Crippen LogP contribution in [0.5, 0.6) is 5.75 Å². The van der Waals surface area contributed by atoms with Crippen molar-refractivity contribution in [1.82, 2.24) is 5.16 Å². The Balaban J connectivity index is 1.97. The van der Waals surface area contributed by atoms with Crippen LogP contribution < -0.4 is 4.74 Å². The van der Waals surface area contributed by atoms with Gasteiger partial charge in [0.2, 0.25) is 0 Å². The van der Waals surface area contributed by atoms with Crippen LogP contribution in [0, 0.1) is 17.0 Å². The summed E-state index contributed by atoms with van der Waals surface area (Å²) in [5.74, 6) is 1.27. The number of nitro benzene ring substituents is 1. The van der Waals surface area contributed by atoms with Crippen LogP contribution in [0.1, 0.15) is 11.5 Å². The van der Waals surface area contributed by atoms with Crippen molar-refractivity contribution in [2.24, 2.45) is 0 Å². The quantitative estimate of drug-likeness (QED) is 0.599. The Kier molecular flexibility index (Phi) is 3.04. The molecule has 0 aliphatic heterocycles. The third-order valence-electron chi connectivity index (χ3n) is 2.11. The van der Waals surface area contributed by atoms with E-state index < -0.39 is 4.92 Å². The first-order chi connectivity index (χ1) is 8.15. The van der Waals surface area contributed by atoms with E-state index in [9.17, 15) is 10.1 Å². The molecule has 1 aromatic heterocycles. The van der Waals surface area contributed by atoms with E-state index in [1.807, 2.05) is 0 Å². The maximum absolute atomic E-state index is 10.4. The van der Waals surface area contributed by atoms with E-state index in [0.29, 0.717) is 17.2 Å². The van der Waals surface area contributed by atoms with E-state index in [-0.39, 0.29) is 12.3 Å². The molecule has 88 valence electrons. The summed E-state index contributed by atoms with van der Waals surface area (Å²) in [6.45, 7) is 2.07. The predicted molar refractivity (Wildman–Crippen MR) is 58.7 cm³/mol. The van der Waals surface area contributed by atoms with E-state index in [2.05, 4.69) is 5.16 Å². The summed E-state index contributed by atoms with van der Waals surface area (Å²) in [6, 6.07) is 7.65. The van der Waals surface area contributed by atoms with Gasteiger partial charge in [0.15, 0.2) is 0 Å². The molecule has 6 nitrogen and oxygen atoms in total. The number of hydrogen-bond donors (Lipinski definition) is 0. The van der Waals surface area contributed by atoms with Gasteiger partial charge in [-0.15, -0.1) is 0 Å². The third kappa shape index (κ3) is 2.81. The van der Waals surface area contributed by atoms with Crippen LogP contribution in [-0.4, -0.2) is 10.1 Å². The molecule has 0 bridgehead atoms. The molecular weight excluding hydrogens is 224 g/mol. The van der Waals surface area contributed by atoms with E-state index >= 15 is 0 Å². The number of aromatic nitrogens is 1. The molecule has 0 saturated carbocycles. The lowest BCUT2D eigenvalue weighted by Crippen LogP contribution is -1.95. The summed E-state index contributed by atoms with van der Waals surface area (Å²) in [6.07, 6.45) is 0. The fourth-order valence-electron chi connectivity index (χ4n) is 1.31. The molecule has 1 aromatic carbocycles. The summed E-state index contributed by atoms with van der Waals surface area (Å²) >= 11 is 0. The van der Waals surface area contributed by atoms with Crippen molar-refractivity contribution in [3.63, 3.8) is 0 Å². The van der Waals surface area contributed by atoms with Crippen molar-refractivity contribution in [3.05, 3.63) is 51.9 Å². The summed E-state index contributed by atoms with van der Waals surface area (Å²) in [7, 11) is 0. The number of nitrogens with zero attached hydrogens (tertiary/aromatic N) is 2. The number of non-ortho nitro benzene ring substituents is 1. The number of hydrogen-bond acceptors (Lipinski definition) is 5. The van der Waals surface area contributed by atoms with Gasteiger partial charge in [0.25, 0.3) is 5.69 Å². The van der Waals surface area contributed by atoms with Gasteiger partial charge in [-0.3, -0.25) is 10.1 Å². The van der Waals surface area contributed by atoms with Crippen LogP contribution in [0.4, 0.5) is 5.69 Å². The van der Waals surface area contributed by atoms with Gasteiger partial charge in [0, 0.05) is 18.2 Å². The highest BCUT2D eigenvalue weighted by Crippen LogP contribution is 2.18. The topological polar surface area (TPSA) is 78.4 Å². The number of rotatable bonds is 4. The lowest BCUT2D eigenvalue weighted by molar-refractivity contribution is -0.384. The zero-order valence-corrected chi connectivity index (χ0v) is 9.12. The molecule has 2 rings (SSSR count). The first kappa shape index (κ1) is 11.1. The standard InChI is InChI=1S/C11H10N2O4/c1-8-6-9(12-17-8)7-16-11-4-2-10(3-5-11)13(14)15/h2-6H,7H2,1H3. The van der Waals surface area contributed by atoms with Crippen LogP contribution >= 0.6 is 0 Å². The monoisotopic (exact) mass is 234 g/mol. The smallest absolute Gasteiger partial charge is 0.269 e. The zero-order valence-electron chi connectivity index (χ0n) is 9.12. The largest absolute Gasteiger partial charge is 0.487 e. The van der Waals surface area contributed by atoms with Gasteiger partial charge >= 0.3 is 0 Å². The molecule has 0 N–H and O–H groups in total. The van der Waals surface area contributed by atoms with Crippen molar-refractivity contribution in [1.29, 1.82) is 0 Å². The van der Waals surface area contributed by atoms with Gasteiger partial charge in [0.05, 0.1) is 4.92 Å². The van der Waals surface area contributed by atoms with Gasteiger partial charge < -0.3 is 9.26 Å². The average molecular weight is 234 g/mol. The Hall–Kier alpha value is -2.37. The molecule has 0 atom stereocenters. The number of ether oxygens (including phenoxy) is 1. The van der Waals surface area contributed by atoms with Crippen molar-refractivity contribution in [2.45, 2.75) is 13.5 Å². The molecule has 0 aliphatic rings. The fourth-order valence-corrected chi connectivity index (χ4v) is 1.31. The first-order valence-corrected chi connectivity index (χ1v) is 4.94. The van der Waals surface area contributed by atoms with E-state index in [1.54, 1.807) is 25.1 Å². The molecule has 0 spiro atoms. The molecular formula is C11H10N2O4. The van der Waals surface area contributed by atoms with Gasteiger partial charge in [-0.2, -0.15) is 0 Å². The molecule has 2 aromatic rings. The van der Waals surface area contributed by atoms with Gasteiger partial charge in [-0.25, -0.2) is 0 Å². The fraction of sp³-hybridized carbons (Fsp3) is 0.182. The van der Waals surface area contributed by atoms with Crippen LogP contribution in [0.2, 0.25) is 0 Å². The Morgan fingerprint density at radius 3 is 2.65 bits per heavy atom. The molecule has 17 heavy (non-hydrogen) atoms. The molecule has 0 unspecified atom stereocenters. The van der Waals surface area contributed by atoms with E-state index in [1.165, 1.54) is 12.1 Å². The Morgan fingerprint density at radius 2 is 2.12 bits per heavy atom. The minimum atomic E-state index is -0.454. The highest BCUT2D eigenvalue weighted by molar-refractivity contribution is 5.36. The molecule has 0 fully saturated rings. The summed E-state index contributed by atoms with van der Waals surface area (Å²) in [4.78, 5) is 9.98. The van der Waals surface area contributed by atoms with Crippen molar-refractivity contribution < 1.29 is 14.2 Å². The van der Waals surface area contributed by atoms with Crippen molar-refractivity contribution in [2.75, 3.05) is 0 Å². The van der Waals surface area contributed by atoms with Gasteiger partial charge in [-0.05, 0) is 19.1 Å². The number of aryl methyl sites for hydroxylation is 1. The first-order valence-electron chi connectivity index (χ1n) is 4.94. The Labute approximate surface area is 97.0 Å². The number of nitro groups is 1. The maximum Gasteiger partial charge on any atom is 0.269 e. The summed E-state index contributed by atoms with van der Waals surface area (Å²) < 4.78 is 10.3. The van der Waals surface area contributed by atoms with Crippen LogP contribution in [0.25, 0.3) is 0 Å². The van der Waals surface area contributed by atoms with E-state index in [0.717, 1.165) is 0 Å². The molecule has 1 heterocycles.